The maximum atomic E-state index is 14.1. The second-order valence-electron chi connectivity index (χ2n) is 10.9. The minimum absolute atomic E-state index is 0.0746. The molecule has 2 aromatic carbocycles. The van der Waals surface area contributed by atoms with E-state index in [1.54, 1.807) is 56.1 Å². The van der Waals surface area contributed by atoms with Crippen molar-refractivity contribution < 1.29 is 31.6 Å². The summed E-state index contributed by atoms with van der Waals surface area (Å²) in [6.07, 6.45) is -1.03. The Morgan fingerprint density at radius 3 is 2.36 bits per heavy atom. The van der Waals surface area contributed by atoms with Crippen molar-refractivity contribution in [2.24, 2.45) is 0 Å². The van der Waals surface area contributed by atoms with Gasteiger partial charge in [-0.25, -0.2) is 4.98 Å². The predicted octanol–water partition coefficient (Wildman–Crippen LogP) is 7.05. The molecule has 0 saturated heterocycles. The molecule has 0 aliphatic carbocycles. The molecule has 2 aliphatic heterocycles. The Morgan fingerprint density at radius 1 is 1.02 bits per heavy atom. The number of anilines is 4. The fourth-order valence-electron chi connectivity index (χ4n) is 5.42. The van der Waals surface area contributed by atoms with Crippen LogP contribution in [-0.4, -0.2) is 66.1 Å². The molecule has 45 heavy (non-hydrogen) atoms. The second kappa shape index (κ2) is 13.3. The third-order valence-electron chi connectivity index (χ3n) is 7.61. The quantitative estimate of drug-likeness (QED) is 0.212. The molecule has 2 aliphatic rings. The lowest BCUT2D eigenvalue weighted by Crippen LogP contribution is -2.24. The van der Waals surface area contributed by atoms with Crippen LogP contribution in [0.25, 0.3) is 5.57 Å². The van der Waals surface area contributed by atoms with Crippen molar-refractivity contribution in [2.75, 3.05) is 51.0 Å². The van der Waals surface area contributed by atoms with Crippen LogP contribution in [0.15, 0.2) is 48.7 Å². The minimum atomic E-state index is -4.75. The molecule has 0 fully saturated rings. The van der Waals surface area contributed by atoms with Crippen LogP contribution in [0.4, 0.5) is 36.3 Å². The fourth-order valence-corrected chi connectivity index (χ4v) is 7.12. The average molecular weight is 645 g/mol. The topological polar surface area (TPSA) is 109 Å². The van der Waals surface area contributed by atoms with Gasteiger partial charge in [0.25, 0.3) is 5.91 Å². The Balaban J connectivity index is 1.43. The SMILES string of the molecule is CCOP(=O)(Cc1ccc(Nc2ncc(C(F)(F)F)c(Nc3ccc(C4=CCN(C)CC4)c4c3C(=O)N(C)C4)n2)cc1)OCC. The summed E-state index contributed by atoms with van der Waals surface area (Å²) in [6, 6.07) is 10.3. The molecule has 0 saturated carbocycles. The van der Waals surface area contributed by atoms with Gasteiger partial charge in [0.2, 0.25) is 5.95 Å². The van der Waals surface area contributed by atoms with Gasteiger partial charge >= 0.3 is 13.8 Å². The summed E-state index contributed by atoms with van der Waals surface area (Å²) in [6.45, 7) is 5.97. The van der Waals surface area contributed by atoms with E-state index >= 15 is 0 Å². The van der Waals surface area contributed by atoms with Gasteiger partial charge in [-0.15, -0.1) is 0 Å². The highest BCUT2D eigenvalue weighted by atomic mass is 31.2. The molecule has 0 spiro atoms. The lowest BCUT2D eigenvalue weighted by molar-refractivity contribution is -0.137. The summed E-state index contributed by atoms with van der Waals surface area (Å²) < 4.78 is 65.8. The molecule has 1 amide bonds. The lowest BCUT2D eigenvalue weighted by Gasteiger charge is -2.24. The molecule has 10 nitrogen and oxygen atoms in total. The van der Waals surface area contributed by atoms with E-state index in [-0.39, 0.29) is 36.9 Å². The fraction of sp³-hybridized carbons (Fsp3) is 0.387. The van der Waals surface area contributed by atoms with Gasteiger partial charge in [-0.1, -0.05) is 24.3 Å². The van der Waals surface area contributed by atoms with Gasteiger partial charge in [0.05, 0.1) is 30.6 Å². The van der Waals surface area contributed by atoms with E-state index in [9.17, 15) is 22.5 Å². The van der Waals surface area contributed by atoms with Crippen molar-refractivity contribution in [3.8, 4) is 0 Å². The highest BCUT2D eigenvalue weighted by molar-refractivity contribution is 7.53. The summed E-state index contributed by atoms with van der Waals surface area (Å²) >= 11 is 0. The van der Waals surface area contributed by atoms with E-state index < -0.39 is 25.2 Å². The van der Waals surface area contributed by atoms with Crippen molar-refractivity contribution in [1.82, 2.24) is 19.8 Å². The molecular formula is C31H36F3N6O4P. The van der Waals surface area contributed by atoms with Crippen molar-refractivity contribution in [1.29, 1.82) is 0 Å². The molecule has 240 valence electrons. The highest BCUT2D eigenvalue weighted by Crippen LogP contribution is 2.51. The number of hydrogen-bond donors (Lipinski definition) is 2. The van der Waals surface area contributed by atoms with Gasteiger partial charge in [0, 0.05) is 38.6 Å². The van der Waals surface area contributed by atoms with Gasteiger partial charge in [0.15, 0.2) is 0 Å². The molecule has 0 unspecified atom stereocenters. The molecule has 0 bridgehead atoms. The van der Waals surface area contributed by atoms with E-state index in [0.717, 1.165) is 36.2 Å². The maximum absolute atomic E-state index is 14.1. The van der Waals surface area contributed by atoms with Crippen molar-refractivity contribution >= 4 is 42.2 Å². The van der Waals surface area contributed by atoms with Crippen molar-refractivity contribution in [3.63, 3.8) is 0 Å². The van der Waals surface area contributed by atoms with Crippen LogP contribution in [0.2, 0.25) is 0 Å². The minimum Gasteiger partial charge on any atom is -0.339 e. The van der Waals surface area contributed by atoms with Gasteiger partial charge in [-0.2, -0.15) is 18.2 Å². The first kappa shape index (κ1) is 32.6. The zero-order chi connectivity index (χ0) is 32.4. The van der Waals surface area contributed by atoms with Crippen LogP contribution < -0.4 is 10.6 Å². The van der Waals surface area contributed by atoms with E-state index in [1.165, 1.54) is 0 Å². The molecule has 1 aromatic heterocycles. The zero-order valence-electron chi connectivity index (χ0n) is 25.6. The Morgan fingerprint density at radius 2 is 1.73 bits per heavy atom. The number of aromatic nitrogens is 2. The van der Waals surface area contributed by atoms with E-state index in [4.69, 9.17) is 9.05 Å². The Bertz CT molecular complexity index is 1640. The van der Waals surface area contributed by atoms with E-state index in [1.807, 2.05) is 13.1 Å². The molecule has 14 heteroatoms. The number of halogens is 3. The Labute approximate surface area is 260 Å². The largest absolute Gasteiger partial charge is 0.421 e. The van der Waals surface area contributed by atoms with E-state index in [2.05, 4.69) is 31.6 Å². The van der Waals surface area contributed by atoms with Crippen LogP contribution in [0.5, 0.6) is 0 Å². The normalized spacial score (nSPS) is 15.7. The van der Waals surface area contributed by atoms with Crippen LogP contribution in [0.1, 0.15) is 52.9 Å². The van der Waals surface area contributed by atoms with Gasteiger partial charge in [-0.05, 0) is 67.8 Å². The van der Waals surface area contributed by atoms with Crippen LogP contribution >= 0.6 is 7.60 Å². The van der Waals surface area contributed by atoms with Crippen LogP contribution in [0, 0.1) is 0 Å². The predicted molar refractivity (Wildman–Crippen MR) is 167 cm³/mol. The first-order chi connectivity index (χ1) is 21.4. The summed E-state index contributed by atoms with van der Waals surface area (Å²) in [4.78, 5) is 25.0. The number of hydrogen-bond acceptors (Lipinski definition) is 9. The number of benzene rings is 2. The first-order valence-electron chi connectivity index (χ1n) is 14.7. The monoisotopic (exact) mass is 644 g/mol. The number of alkyl halides is 3. The molecule has 0 radical (unpaired) electrons. The highest BCUT2D eigenvalue weighted by Gasteiger charge is 2.37. The Kier molecular flexibility index (Phi) is 9.64. The summed E-state index contributed by atoms with van der Waals surface area (Å²) in [5, 5.41) is 5.73. The third-order valence-corrected chi connectivity index (χ3v) is 9.67. The molecular weight excluding hydrogens is 608 g/mol. The number of nitrogens with zero attached hydrogens (tertiary/aromatic N) is 4. The van der Waals surface area contributed by atoms with E-state index in [0.29, 0.717) is 29.6 Å². The molecule has 3 aromatic rings. The Hall–Kier alpha value is -3.77. The van der Waals surface area contributed by atoms with Gasteiger partial charge < -0.3 is 29.5 Å². The van der Waals surface area contributed by atoms with Gasteiger partial charge in [-0.3, -0.25) is 9.36 Å². The average Bonchev–Trinajstić information content (AvgIpc) is 3.28. The lowest BCUT2D eigenvalue weighted by atomic mass is 9.92. The van der Waals surface area contributed by atoms with Crippen LogP contribution in [0.3, 0.4) is 0 Å². The molecule has 2 N–H and O–H groups in total. The van der Waals surface area contributed by atoms with Crippen molar-refractivity contribution in [3.05, 3.63) is 76.5 Å². The number of rotatable bonds is 11. The number of nitrogens with one attached hydrogen (secondary N) is 2. The number of carbonyl (C=O) groups is 1. The maximum Gasteiger partial charge on any atom is 0.421 e. The second-order valence-corrected chi connectivity index (χ2v) is 13.0. The number of fused-ring (bicyclic) bond motifs is 1. The zero-order valence-corrected chi connectivity index (χ0v) is 26.5. The summed E-state index contributed by atoms with van der Waals surface area (Å²) in [5.74, 6) is -0.843. The van der Waals surface area contributed by atoms with Crippen molar-refractivity contribution in [2.45, 2.75) is 39.2 Å². The molecule has 3 heterocycles. The summed E-state index contributed by atoms with van der Waals surface area (Å²) in [7, 11) is 0.400. The van der Waals surface area contributed by atoms with Crippen LogP contribution in [-0.2, 0) is 32.5 Å². The number of carbonyl (C=O) groups excluding carboxylic acids is 1. The first-order valence-corrected chi connectivity index (χ1v) is 16.4. The van der Waals surface area contributed by atoms with Gasteiger partial charge in [0.1, 0.15) is 11.4 Å². The smallest absolute Gasteiger partial charge is 0.339 e. The summed E-state index contributed by atoms with van der Waals surface area (Å²) in [5.41, 5.74) is 3.54. The standard InChI is InChI=1S/C31H36F3N6O4P/c1-5-43-45(42,44-6-2)19-20-7-9-22(10-8-20)36-30-35-17-25(31(32,33)34)28(38-30)37-26-12-11-23(21-13-15-39(3)16-14-21)24-18-40(4)29(41)27(24)26/h7-13,17H,5-6,14-16,18-19H2,1-4H3,(H2,35,36,37,38). The molecule has 5 rings (SSSR count). The number of amides is 1. The third kappa shape index (κ3) is 7.38. The number of likely N-dealkylation sites (N-methyl/N-ethyl adjacent to an activating group) is 1. The molecule has 0 atom stereocenters.